The van der Waals surface area contributed by atoms with Crippen molar-refractivity contribution in [3.8, 4) is 0 Å². The van der Waals surface area contributed by atoms with Gasteiger partial charge in [-0.2, -0.15) is 0 Å². The number of hydrogen-bond acceptors (Lipinski definition) is 4. The monoisotopic (exact) mass is 341 g/mol. The van der Waals surface area contributed by atoms with Crippen LogP contribution in [0.15, 0.2) is 14.7 Å². The molecule has 0 spiro atoms. The predicted octanol–water partition coefficient (Wildman–Crippen LogP) is 2.47. The Morgan fingerprint density at radius 2 is 2.12 bits per heavy atom. The first kappa shape index (κ1) is 15.1. The largest absolute Gasteiger partial charge is 0.391 e. The topological polar surface area (TPSA) is 66.4 Å². The van der Waals surface area contributed by atoms with Crippen LogP contribution in [0.4, 0.5) is 0 Å². The van der Waals surface area contributed by atoms with Crippen molar-refractivity contribution in [1.82, 2.24) is 4.72 Å². The van der Waals surface area contributed by atoms with Crippen LogP contribution in [0.3, 0.4) is 0 Å². The number of nitrogens with one attached hydrogen (secondary N) is 1. The summed E-state index contributed by atoms with van der Waals surface area (Å²) in [5.74, 6) is 0. The molecule has 0 saturated carbocycles. The summed E-state index contributed by atoms with van der Waals surface area (Å²) in [6.45, 7) is 5.43. The fraction of sp³-hybridized carbons (Fsp3) is 0.600. The zero-order valence-electron chi connectivity index (χ0n) is 9.95. The first-order chi connectivity index (χ1) is 7.72. The molecule has 0 aliphatic heterocycles. The number of halogens is 1. The molecule has 0 atom stereocenters. The molecule has 0 aromatic carbocycles. The third-order valence-electron chi connectivity index (χ3n) is 2.45. The Balaban J connectivity index is 3.09. The maximum Gasteiger partial charge on any atom is 0.243 e. The van der Waals surface area contributed by atoms with Gasteiger partial charge in [-0.05, 0) is 42.3 Å². The average molecular weight is 342 g/mol. The minimum absolute atomic E-state index is 0.157. The van der Waals surface area contributed by atoms with E-state index in [0.29, 0.717) is 15.1 Å². The predicted molar refractivity (Wildman–Crippen MR) is 72.6 cm³/mol. The molecule has 0 bridgehead atoms. The molecule has 7 heteroatoms. The van der Waals surface area contributed by atoms with E-state index < -0.39 is 15.6 Å². The van der Waals surface area contributed by atoms with Crippen LogP contribution in [-0.4, -0.2) is 19.1 Å². The standard InChI is InChI=1S/C10H16BrNO3S2/c1-4-10(2,3)12-17(14,15)8-5-7(6-13)16-9(8)11/h5,12-13H,4,6H2,1-3H3. The van der Waals surface area contributed by atoms with Gasteiger partial charge in [0.25, 0.3) is 0 Å². The summed E-state index contributed by atoms with van der Waals surface area (Å²) in [4.78, 5) is 0.805. The van der Waals surface area contributed by atoms with E-state index in [1.54, 1.807) is 0 Å². The summed E-state index contributed by atoms with van der Waals surface area (Å²) in [7, 11) is -3.55. The second kappa shape index (κ2) is 5.36. The molecule has 0 amide bonds. The number of aliphatic hydroxyl groups is 1. The van der Waals surface area contributed by atoms with Gasteiger partial charge in [-0.25, -0.2) is 13.1 Å². The van der Waals surface area contributed by atoms with Crippen LogP contribution in [0.2, 0.25) is 0 Å². The molecule has 1 heterocycles. The van der Waals surface area contributed by atoms with Crippen LogP contribution < -0.4 is 4.72 Å². The van der Waals surface area contributed by atoms with Crippen LogP contribution in [0.1, 0.15) is 32.1 Å². The van der Waals surface area contributed by atoms with E-state index in [9.17, 15) is 8.42 Å². The Labute approximate surface area is 114 Å². The van der Waals surface area contributed by atoms with Crippen LogP contribution in [0.5, 0.6) is 0 Å². The Morgan fingerprint density at radius 3 is 2.53 bits per heavy atom. The molecule has 1 aromatic rings. The van der Waals surface area contributed by atoms with Crippen molar-refractivity contribution in [3.63, 3.8) is 0 Å². The molecule has 0 aliphatic carbocycles. The average Bonchev–Trinajstić information content (AvgIpc) is 2.59. The molecule has 2 N–H and O–H groups in total. The summed E-state index contributed by atoms with van der Waals surface area (Å²) >= 11 is 4.43. The maximum atomic E-state index is 12.1. The van der Waals surface area contributed by atoms with Crippen LogP contribution >= 0.6 is 27.3 Å². The highest BCUT2D eigenvalue weighted by molar-refractivity contribution is 9.11. The van der Waals surface area contributed by atoms with E-state index in [2.05, 4.69) is 20.7 Å². The Bertz CT molecular complexity index is 494. The normalized spacial score (nSPS) is 13.0. The molecule has 0 radical (unpaired) electrons. The SMILES string of the molecule is CCC(C)(C)NS(=O)(=O)c1cc(CO)sc1Br. The van der Waals surface area contributed by atoms with Gasteiger partial charge >= 0.3 is 0 Å². The summed E-state index contributed by atoms with van der Waals surface area (Å²) in [6.07, 6.45) is 0.695. The minimum Gasteiger partial charge on any atom is -0.391 e. The van der Waals surface area contributed by atoms with E-state index in [4.69, 9.17) is 5.11 Å². The molecular weight excluding hydrogens is 326 g/mol. The highest BCUT2D eigenvalue weighted by Gasteiger charge is 2.27. The van der Waals surface area contributed by atoms with Crippen molar-refractivity contribution in [2.45, 2.75) is 44.2 Å². The molecule has 17 heavy (non-hydrogen) atoms. The number of thiophene rings is 1. The van der Waals surface area contributed by atoms with Crippen molar-refractivity contribution >= 4 is 37.3 Å². The molecule has 98 valence electrons. The molecular formula is C10H16BrNO3S2. The summed E-state index contributed by atoms with van der Waals surface area (Å²) in [5, 5.41) is 8.99. The smallest absolute Gasteiger partial charge is 0.243 e. The van der Waals surface area contributed by atoms with Gasteiger partial charge in [-0.1, -0.05) is 6.92 Å². The fourth-order valence-electron chi connectivity index (χ4n) is 1.15. The Hall–Kier alpha value is 0.0500. The second-order valence-corrected chi connectivity index (χ2v) is 8.46. The number of rotatable bonds is 5. The van der Waals surface area contributed by atoms with Crippen molar-refractivity contribution < 1.29 is 13.5 Å². The summed E-state index contributed by atoms with van der Waals surface area (Å²) in [6, 6.07) is 1.49. The van der Waals surface area contributed by atoms with Gasteiger partial charge in [0.2, 0.25) is 10.0 Å². The lowest BCUT2D eigenvalue weighted by molar-refractivity contribution is 0.285. The third-order valence-corrected chi connectivity index (χ3v) is 6.38. The highest BCUT2D eigenvalue weighted by Crippen LogP contribution is 2.32. The van der Waals surface area contributed by atoms with Crippen LogP contribution in [0.25, 0.3) is 0 Å². The molecule has 0 fully saturated rings. The van der Waals surface area contributed by atoms with Crippen molar-refractivity contribution in [2.24, 2.45) is 0 Å². The first-order valence-electron chi connectivity index (χ1n) is 5.15. The molecule has 1 aromatic heterocycles. The van der Waals surface area contributed by atoms with Crippen molar-refractivity contribution in [3.05, 3.63) is 14.7 Å². The zero-order valence-corrected chi connectivity index (χ0v) is 13.2. The Kier molecular flexibility index (Phi) is 4.76. The summed E-state index contributed by atoms with van der Waals surface area (Å²) in [5.41, 5.74) is -0.487. The maximum absolute atomic E-state index is 12.1. The summed E-state index contributed by atoms with van der Waals surface area (Å²) < 4.78 is 27.4. The third kappa shape index (κ3) is 3.75. The Morgan fingerprint density at radius 1 is 1.53 bits per heavy atom. The van der Waals surface area contributed by atoms with E-state index in [1.165, 1.54) is 17.4 Å². The number of sulfonamides is 1. The van der Waals surface area contributed by atoms with E-state index in [-0.39, 0.29) is 11.5 Å². The molecule has 4 nitrogen and oxygen atoms in total. The quantitative estimate of drug-likeness (QED) is 0.864. The van der Waals surface area contributed by atoms with Gasteiger partial charge in [0.15, 0.2) is 0 Å². The van der Waals surface area contributed by atoms with Gasteiger partial charge in [0.05, 0.1) is 10.4 Å². The fourth-order valence-corrected chi connectivity index (χ4v) is 5.18. The van der Waals surface area contributed by atoms with Gasteiger partial charge in [-0.3, -0.25) is 0 Å². The lowest BCUT2D eigenvalue weighted by Crippen LogP contribution is -2.42. The molecule has 0 unspecified atom stereocenters. The van der Waals surface area contributed by atoms with E-state index >= 15 is 0 Å². The highest BCUT2D eigenvalue weighted by atomic mass is 79.9. The van der Waals surface area contributed by atoms with Crippen LogP contribution in [-0.2, 0) is 16.6 Å². The molecule has 0 aliphatic rings. The number of aliphatic hydroxyl groups excluding tert-OH is 1. The lowest BCUT2D eigenvalue weighted by Gasteiger charge is -2.23. The number of hydrogen-bond donors (Lipinski definition) is 2. The lowest BCUT2D eigenvalue weighted by atomic mass is 10.0. The van der Waals surface area contributed by atoms with E-state index in [0.717, 1.165) is 0 Å². The zero-order chi connectivity index (χ0) is 13.3. The first-order valence-corrected chi connectivity index (χ1v) is 8.24. The van der Waals surface area contributed by atoms with E-state index in [1.807, 2.05) is 20.8 Å². The van der Waals surface area contributed by atoms with Crippen molar-refractivity contribution in [1.29, 1.82) is 0 Å². The van der Waals surface area contributed by atoms with Gasteiger partial charge < -0.3 is 5.11 Å². The van der Waals surface area contributed by atoms with Gasteiger partial charge in [0, 0.05) is 10.4 Å². The van der Waals surface area contributed by atoms with Crippen molar-refractivity contribution in [2.75, 3.05) is 0 Å². The minimum atomic E-state index is -3.55. The van der Waals surface area contributed by atoms with Crippen LogP contribution in [0, 0.1) is 0 Å². The van der Waals surface area contributed by atoms with Gasteiger partial charge in [0.1, 0.15) is 4.90 Å². The second-order valence-electron chi connectivity index (χ2n) is 4.35. The molecule has 0 saturated heterocycles. The van der Waals surface area contributed by atoms with Gasteiger partial charge in [-0.15, -0.1) is 11.3 Å². The molecule has 1 rings (SSSR count).